The van der Waals surface area contributed by atoms with Gasteiger partial charge in [0.2, 0.25) is 70.9 Å². The highest BCUT2D eigenvalue weighted by atomic mass is 16.4. The number of rotatable bonds is 39. The van der Waals surface area contributed by atoms with Gasteiger partial charge in [0.15, 0.2) is 11.6 Å². The van der Waals surface area contributed by atoms with Gasteiger partial charge in [-0.25, -0.2) is 4.79 Å². The van der Waals surface area contributed by atoms with Gasteiger partial charge < -0.3 is 94.3 Å². The number of benzene rings is 4. The number of hydrogen-bond acceptors (Lipinski definition) is 19. The van der Waals surface area contributed by atoms with E-state index < -0.39 is 198 Å². The van der Waals surface area contributed by atoms with E-state index in [1.54, 1.807) is 69.1 Å². The number of likely N-dealkylation sites (tertiary alicyclic amines) is 2. The molecule has 16 atom stereocenters. The van der Waals surface area contributed by atoms with Crippen LogP contribution >= 0.6 is 0 Å². The number of nitrogens with two attached hydrogens (primary N) is 2. The number of Topliss-reactive ketones (excluding diaryl/α,β-unsaturated/α-hetero) is 2. The van der Waals surface area contributed by atoms with E-state index >= 15 is 0 Å². The molecule has 4 aliphatic heterocycles. The standard InChI is InChI=1S/C63H88N10O12.C31H42N6O7/c1-5-38(2)56(61(83)84)70-57(79)44(33-42-22-13-21-41-19-9-11-23-45(41)42)35-53(77)48(37-74)69-62(85)63(4,36-40-17-7-6-8-18-40)71-55(78)30-29-52(76)50-27-16-32-72(50)60(82)51-34-43-20-10-12-26-49(43)73(51)59(81)47(24-14-28-54(65)66)68-58(80)46(25-15-31-64)67-39(3)75;1-16(2)12-21-27(40)33-22(13-18-15-32-20-9-6-5-8-19(18)20)28(41)35-23(14-25(38)39)31(44)37-11-7-10-24(37)29(42)36-26(17(3)4)30(43)34-21/h6-9,11,13,17-19,21-23,38,43-44,46-51,56,74H,5,10,12,14-16,20,24-37,64H2,1-4H3,(H3,65,66)(H,67,75)(H,68,80)(H,69,85)(H,70,79)(H,71,78)(H,83,84);5-6,8-9,15-17,21-24,26,32H,7,10-14H2,1-4H3,(H,33,40)(H,34,43)(H,35,41)(H,36,42)(H,38,39)/t38-,43+,44+,46-,47-,48-,49+,50-,51+,56+,63?;21-,22+,23-,24-,26+/m10/s1. The number of aliphatic hydroxyl groups excluding tert-OH is 1. The summed E-state index contributed by atoms with van der Waals surface area (Å²) in [6, 6.07) is 16.5. The lowest BCUT2D eigenvalue weighted by molar-refractivity contribution is -0.149. The lowest BCUT2D eigenvalue weighted by Crippen LogP contribution is -2.61. The van der Waals surface area contributed by atoms with Gasteiger partial charge in [0.1, 0.15) is 66.0 Å². The zero-order valence-electron chi connectivity index (χ0n) is 75.1. The zero-order chi connectivity index (χ0) is 94.1. The molecule has 700 valence electrons. The van der Waals surface area contributed by atoms with E-state index in [9.17, 15) is 92.0 Å². The van der Waals surface area contributed by atoms with Gasteiger partial charge in [-0.15, -0.1) is 0 Å². The summed E-state index contributed by atoms with van der Waals surface area (Å²) in [5.74, 6) is -13.0. The first-order valence-corrected chi connectivity index (χ1v) is 45.3. The van der Waals surface area contributed by atoms with Gasteiger partial charge >= 0.3 is 11.9 Å². The number of amidine groups is 1. The number of aliphatic hydroxyl groups is 1. The second-order valence-corrected chi connectivity index (χ2v) is 36.0. The second-order valence-electron chi connectivity index (χ2n) is 36.0. The molecule has 129 heavy (non-hydrogen) atoms. The van der Waals surface area contributed by atoms with Crippen LogP contribution in [0.4, 0.5) is 0 Å². The fraction of sp³-hybridized carbons (Fsp3) is 0.564. The van der Waals surface area contributed by atoms with Crippen LogP contribution in [-0.2, 0) is 96.0 Å². The van der Waals surface area contributed by atoms with Gasteiger partial charge in [0.25, 0.3) is 0 Å². The Labute approximate surface area is 751 Å². The molecule has 0 radical (unpaired) electrons. The summed E-state index contributed by atoms with van der Waals surface area (Å²) in [4.78, 5) is 227. The monoisotopic (exact) mass is 1790 g/mol. The van der Waals surface area contributed by atoms with Crippen molar-refractivity contribution < 1.29 is 92.0 Å². The Kier molecular flexibility index (Phi) is 37.0. The zero-order valence-corrected chi connectivity index (χ0v) is 75.1. The molecule has 5 fully saturated rings. The molecule has 18 N–H and O–H groups in total. The average Bonchev–Trinajstić information content (AvgIpc) is 1.61. The Morgan fingerprint density at radius 3 is 1.98 bits per heavy atom. The lowest BCUT2D eigenvalue weighted by atomic mass is 9.84. The van der Waals surface area contributed by atoms with Crippen molar-refractivity contribution in [2.24, 2.45) is 41.1 Å². The predicted molar refractivity (Wildman–Crippen MR) is 480 cm³/mol. The highest BCUT2D eigenvalue weighted by Gasteiger charge is 2.52. The molecule has 5 aromatic rings. The smallest absolute Gasteiger partial charge is 0.326 e. The van der Waals surface area contributed by atoms with Gasteiger partial charge in [-0.2, -0.15) is 0 Å². The van der Waals surface area contributed by atoms with E-state index in [4.69, 9.17) is 16.9 Å². The third-order valence-electron chi connectivity index (χ3n) is 25.4. The van der Waals surface area contributed by atoms with E-state index in [2.05, 4.69) is 52.8 Å². The van der Waals surface area contributed by atoms with Gasteiger partial charge in [-0.3, -0.25) is 77.3 Å². The number of fused-ring (bicyclic) bond motifs is 4. The molecule has 4 saturated heterocycles. The summed E-state index contributed by atoms with van der Waals surface area (Å²) >= 11 is 0. The number of carbonyl (C=O) groups excluding carboxylic acids is 14. The van der Waals surface area contributed by atoms with E-state index in [0.717, 1.165) is 52.1 Å². The van der Waals surface area contributed by atoms with Crippen molar-refractivity contribution in [2.75, 3.05) is 26.2 Å². The third kappa shape index (κ3) is 27.3. The Hall–Kier alpha value is -12.0. The molecule has 35 nitrogen and oxygen atoms in total. The molecule has 0 bridgehead atoms. The van der Waals surface area contributed by atoms with Crippen molar-refractivity contribution >= 4 is 122 Å². The molecular formula is C94H130N16O19. The average molecular weight is 1790 g/mol. The minimum atomic E-state index is -1.77. The van der Waals surface area contributed by atoms with Crippen LogP contribution in [0.1, 0.15) is 200 Å². The van der Waals surface area contributed by atoms with Crippen molar-refractivity contribution in [1.29, 1.82) is 5.41 Å². The van der Waals surface area contributed by atoms with Crippen LogP contribution in [0.25, 0.3) is 21.7 Å². The maximum atomic E-state index is 15.0. The lowest BCUT2D eigenvalue weighted by Gasteiger charge is -2.38. The minimum Gasteiger partial charge on any atom is -0.481 e. The quantitative estimate of drug-likeness (QED) is 0.0192. The van der Waals surface area contributed by atoms with Crippen LogP contribution in [0.2, 0.25) is 0 Å². The van der Waals surface area contributed by atoms with E-state index in [-0.39, 0.29) is 113 Å². The Morgan fingerprint density at radius 2 is 1.31 bits per heavy atom. The maximum Gasteiger partial charge on any atom is 0.326 e. The molecule has 5 aliphatic rings. The van der Waals surface area contributed by atoms with E-state index in [0.29, 0.717) is 56.9 Å². The highest BCUT2D eigenvalue weighted by Crippen LogP contribution is 2.42. The van der Waals surface area contributed by atoms with E-state index in [1.807, 2.05) is 80.6 Å². The molecule has 12 amide bonds. The third-order valence-corrected chi connectivity index (χ3v) is 25.4. The minimum absolute atomic E-state index is 0.00858. The SMILES string of the molecule is CC(C)C[C@@H]1NC(=O)[C@@H](C(C)C)NC(=O)[C@@H]2CCCN2C(=O)[C@H](CC(=O)O)NC(=O)[C@@H](Cc2c[nH]c3ccccc23)NC1=O.CC[C@@H](C)[C@H](NC(=O)[C@H](CC(=O)[C@@H](CO)NC(=O)C(C)(Cc1ccccc1)NC(=O)CCC(=O)[C@H]1CCCN1C(=O)[C@@H]1C[C@@H]2CCCC[C@@H]2N1C(=O)[C@@H](CCCC(=N)N)NC(=O)[C@@H](CCCN)NC(C)=O)Cc1cccc2ccccc12)C(=O)O. The number of amides is 12. The number of nitrogens with one attached hydrogen (secondary N) is 11. The molecule has 1 saturated carbocycles. The number of aliphatic carboxylic acids is 2. The molecule has 5 heterocycles. The summed E-state index contributed by atoms with van der Waals surface area (Å²) in [6.07, 6.45) is 6.78. The Bertz CT molecular complexity index is 4860. The molecule has 1 unspecified atom stereocenters. The number of aromatic nitrogens is 1. The summed E-state index contributed by atoms with van der Waals surface area (Å²) in [5.41, 5.74) is 12.5. The number of nitrogens with zero attached hydrogens (tertiary/aromatic N) is 3. The summed E-state index contributed by atoms with van der Waals surface area (Å²) in [5, 5.41) is 65.2. The second kappa shape index (κ2) is 47.3. The number of carboxylic acids is 2. The number of para-hydroxylation sites is 1. The number of hydrogen-bond donors (Lipinski definition) is 16. The number of ketones is 2. The molecule has 1 aromatic heterocycles. The van der Waals surface area contributed by atoms with Crippen LogP contribution in [0, 0.1) is 35.0 Å². The molecule has 1 aliphatic carbocycles. The van der Waals surface area contributed by atoms with Crippen LogP contribution in [0.15, 0.2) is 103 Å². The summed E-state index contributed by atoms with van der Waals surface area (Å²) in [6.45, 7) is 13.3. The van der Waals surface area contributed by atoms with Gasteiger partial charge in [-0.05, 0) is 154 Å². The predicted octanol–water partition coefficient (Wildman–Crippen LogP) is 4.33. The topological polar surface area (TPSA) is 543 Å². The van der Waals surface area contributed by atoms with Gasteiger partial charge in [-0.1, -0.05) is 152 Å². The molecular weight excluding hydrogens is 1660 g/mol. The van der Waals surface area contributed by atoms with Crippen molar-refractivity contribution in [2.45, 2.75) is 281 Å². The first-order valence-electron chi connectivity index (χ1n) is 45.3. The van der Waals surface area contributed by atoms with Crippen LogP contribution in [0.5, 0.6) is 0 Å². The largest absolute Gasteiger partial charge is 0.481 e. The number of aromatic amines is 1. The van der Waals surface area contributed by atoms with Gasteiger partial charge in [0.05, 0.1) is 24.9 Å². The van der Waals surface area contributed by atoms with Crippen LogP contribution in [-0.4, -0.2) is 240 Å². The van der Waals surface area contributed by atoms with Crippen LogP contribution in [0.3, 0.4) is 0 Å². The van der Waals surface area contributed by atoms with Crippen molar-refractivity contribution in [3.05, 3.63) is 120 Å². The number of carboxylic acid groups (broad SMARTS) is 2. The summed E-state index contributed by atoms with van der Waals surface area (Å²) < 4.78 is 0. The highest BCUT2D eigenvalue weighted by molar-refractivity contribution is 6.02. The normalized spacial score (nSPS) is 22.1. The molecule has 35 heteroatoms. The number of carbonyl (C=O) groups is 16. The van der Waals surface area contributed by atoms with Gasteiger partial charge in [0, 0.05) is 87.6 Å². The molecule has 4 aromatic carbocycles. The first kappa shape index (κ1) is 101. The van der Waals surface area contributed by atoms with Crippen molar-refractivity contribution in [3.63, 3.8) is 0 Å². The Morgan fingerprint density at radius 1 is 0.651 bits per heavy atom. The first-order chi connectivity index (χ1) is 61.4. The summed E-state index contributed by atoms with van der Waals surface area (Å²) in [7, 11) is 0. The number of H-pyrrole nitrogens is 1. The van der Waals surface area contributed by atoms with Crippen molar-refractivity contribution in [1.82, 2.24) is 67.5 Å². The fourth-order valence-corrected chi connectivity index (χ4v) is 18.3. The maximum absolute atomic E-state index is 15.0. The van der Waals surface area contributed by atoms with E-state index in [1.165, 1.54) is 23.6 Å². The van der Waals surface area contributed by atoms with Crippen LogP contribution < -0.4 is 59.3 Å². The van der Waals surface area contributed by atoms with Crippen molar-refractivity contribution in [3.8, 4) is 0 Å². The Balaban J connectivity index is 0.000000356. The fourth-order valence-electron chi connectivity index (χ4n) is 18.3. The molecule has 10 rings (SSSR count). The molecule has 0 spiro atoms.